The smallest absolute Gasteiger partial charge is 0.301 e. The van der Waals surface area contributed by atoms with Crippen LogP contribution in [0.25, 0.3) is 0 Å². The summed E-state index contributed by atoms with van der Waals surface area (Å²) in [5.41, 5.74) is 1.75. The standard InChI is InChI=1S/C14H22N2O3S/c1-2-12-5-7-14(8-6-12)15-20(18,19)16-9-3-4-13(10-16)11-17/h5-8,13,15,17H,2-4,9-11H2,1H3. The average molecular weight is 298 g/mol. The highest BCUT2D eigenvalue weighted by atomic mass is 32.2. The largest absolute Gasteiger partial charge is 0.396 e. The SMILES string of the molecule is CCc1ccc(NS(=O)(=O)N2CCCC(CO)C2)cc1. The van der Waals surface area contributed by atoms with E-state index in [9.17, 15) is 13.5 Å². The minimum absolute atomic E-state index is 0.0389. The van der Waals surface area contributed by atoms with E-state index in [-0.39, 0.29) is 12.5 Å². The second-order valence-electron chi connectivity index (χ2n) is 5.21. The maximum Gasteiger partial charge on any atom is 0.301 e. The summed E-state index contributed by atoms with van der Waals surface area (Å²) < 4.78 is 28.6. The molecule has 0 aromatic heterocycles. The number of nitrogens with one attached hydrogen (secondary N) is 1. The molecule has 0 spiro atoms. The van der Waals surface area contributed by atoms with Crippen LogP contribution in [0, 0.1) is 5.92 Å². The van der Waals surface area contributed by atoms with Crippen molar-refractivity contribution in [3.63, 3.8) is 0 Å². The number of piperidine rings is 1. The van der Waals surface area contributed by atoms with Crippen LogP contribution in [0.5, 0.6) is 0 Å². The summed E-state index contributed by atoms with van der Waals surface area (Å²) in [4.78, 5) is 0. The molecule has 0 bridgehead atoms. The number of benzene rings is 1. The first-order valence-corrected chi connectivity index (χ1v) is 8.47. The van der Waals surface area contributed by atoms with Gasteiger partial charge in [-0.1, -0.05) is 19.1 Å². The molecule has 1 aromatic rings. The molecule has 1 aromatic carbocycles. The molecule has 2 N–H and O–H groups in total. The molecule has 20 heavy (non-hydrogen) atoms. The lowest BCUT2D eigenvalue weighted by molar-refractivity contribution is 0.166. The topological polar surface area (TPSA) is 69.6 Å². The quantitative estimate of drug-likeness (QED) is 0.867. The number of aliphatic hydroxyl groups is 1. The first-order chi connectivity index (χ1) is 9.55. The van der Waals surface area contributed by atoms with E-state index < -0.39 is 10.2 Å². The monoisotopic (exact) mass is 298 g/mol. The lowest BCUT2D eigenvalue weighted by atomic mass is 10.0. The summed E-state index contributed by atoms with van der Waals surface area (Å²) in [6.45, 7) is 3.00. The van der Waals surface area contributed by atoms with Gasteiger partial charge in [0, 0.05) is 25.4 Å². The predicted molar refractivity (Wildman–Crippen MR) is 79.7 cm³/mol. The Morgan fingerprint density at radius 3 is 2.65 bits per heavy atom. The van der Waals surface area contributed by atoms with E-state index in [4.69, 9.17) is 0 Å². The van der Waals surface area contributed by atoms with Gasteiger partial charge in [-0.05, 0) is 42.9 Å². The number of nitrogens with zero attached hydrogens (tertiary/aromatic N) is 1. The number of rotatable bonds is 5. The molecule has 6 heteroatoms. The molecule has 1 unspecified atom stereocenters. The van der Waals surface area contributed by atoms with Crippen molar-refractivity contribution < 1.29 is 13.5 Å². The highest BCUT2D eigenvalue weighted by Gasteiger charge is 2.28. The number of hydrogen-bond acceptors (Lipinski definition) is 3. The highest BCUT2D eigenvalue weighted by molar-refractivity contribution is 7.90. The van der Waals surface area contributed by atoms with Crippen LogP contribution in [-0.4, -0.2) is 37.5 Å². The average Bonchev–Trinajstić information content (AvgIpc) is 2.48. The van der Waals surface area contributed by atoms with E-state index in [0.717, 1.165) is 19.3 Å². The van der Waals surface area contributed by atoms with E-state index in [0.29, 0.717) is 18.8 Å². The first-order valence-electron chi connectivity index (χ1n) is 7.03. The Hall–Kier alpha value is -1.11. The Morgan fingerprint density at radius 1 is 1.35 bits per heavy atom. The van der Waals surface area contributed by atoms with Gasteiger partial charge in [-0.3, -0.25) is 4.72 Å². The Labute approximate surface area is 120 Å². The van der Waals surface area contributed by atoms with Gasteiger partial charge in [0.1, 0.15) is 0 Å². The van der Waals surface area contributed by atoms with Crippen molar-refractivity contribution >= 4 is 15.9 Å². The van der Waals surface area contributed by atoms with Crippen molar-refractivity contribution in [2.45, 2.75) is 26.2 Å². The van der Waals surface area contributed by atoms with Crippen LogP contribution in [-0.2, 0) is 16.6 Å². The Morgan fingerprint density at radius 2 is 2.05 bits per heavy atom. The fraction of sp³-hybridized carbons (Fsp3) is 0.571. The van der Waals surface area contributed by atoms with Crippen molar-refractivity contribution in [1.82, 2.24) is 4.31 Å². The number of hydrogen-bond donors (Lipinski definition) is 2. The minimum Gasteiger partial charge on any atom is -0.396 e. The highest BCUT2D eigenvalue weighted by Crippen LogP contribution is 2.20. The van der Waals surface area contributed by atoms with Crippen LogP contribution >= 0.6 is 0 Å². The van der Waals surface area contributed by atoms with Gasteiger partial charge in [0.2, 0.25) is 0 Å². The van der Waals surface area contributed by atoms with Gasteiger partial charge in [0.15, 0.2) is 0 Å². The van der Waals surface area contributed by atoms with Gasteiger partial charge in [-0.25, -0.2) is 0 Å². The summed E-state index contributed by atoms with van der Waals surface area (Å²) in [6.07, 6.45) is 2.60. The molecule has 1 heterocycles. The molecule has 112 valence electrons. The van der Waals surface area contributed by atoms with E-state index in [1.807, 2.05) is 12.1 Å². The molecule has 1 saturated heterocycles. The first kappa shape index (κ1) is 15.3. The summed E-state index contributed by atoms with van der Waals surface area (Å²) >= 11 is 0. The van der Waals surface area contributed by atoms with Crippen LogP contribution in [0.2, 0.25) is 0 Å². The van der Waals surface area contributed by atoms with E-state index in [1.54, 1.807) is 12.1 Å². The third kappa shape index (κ3) is 3.71. The molecular formula is C14H22N2O3S. The summed E-state index contributed by atoms with van der Waals surface area (Å²) in [5, 5.41) is 9.18. The van der Waals surface area contributed by atoms with Crippen molar-refractivity contribution in [1.29, 1.82) is 0 Å². The third-order valence-electron chi connectivity index (χ3n) is 3.69. The van der Waals surface area contributed by atoms with Gasteiger partial charge in [-0.15, -0.1) is 0 Å². The fourth-order valence-corrected chi connectivity index (χ4v) is 3.76. The number of aryl methyl sites for hydroxylation is 1. The zero-order chi connectivity index (χ0) is 14.6. The van der Waals surface area contributed by atoms with Gasteiger partial charge < -0.3 is 5.11 Å². The maximum atomic E-state index is 12.3. The van der Waals surface area contributed by atoms with Crippen LogP contribution in [0.3, 0.4) is 0 Å². The van der Waals surface area contributed by atoms with Crippen LogP contribution in [0.15, 0.2) is 24.3 Å². The van der Waals surface area contributed by atoms with Crippen LogP contribution in [0.1, 0.15) is 25.3 Å². The maximum absolute atomic E-state index is 12.3. The molecule has 0 radical (unpaired) electrons. The molecule has 1 aliphatic rings. The number of aliphatic hydroxyl groups excluding tert-OH is 1. The molecule has 0 saturated carbocycles. The van der Waals surface area contributed by atoms with E-state index in [1.165, 1.54) is 9.87 Å². The normalized spacial score (nSPS) is 20.8. The summed E-state index contributed by atoms with van der Waals surface area (Å²) in [7, 11) is -3.53. The van der Waals surface area contributed by atoms with E-state index in [2.05, 4.69) is 11.6 Å². The molecule has 0 aliphatic carbocycles. The van der Waals surface area contributed by atoms with Crippen molar-refractivity contribution in [2.75, 3.05) is 24.4 Å². The van der Waals surface area contributed by atoms with Crippen molar-refractivity contribution in [3.8, 4) is 0 Å². The Bertz CT molecular complexity index is 528. The van der Waals surface area contributed by atoms with Crippen molar-refractivity contribution in [3.05, 3.63) is 29.8 Å². The van der Waals surface area contributed by atoms with Gasteiger partial charge in [0.25, 0.3) is 0 Å². The predicted octanol–water partition coefficient (Wildman–Crippen LogP) is 1.61. The van der Waals surface area contributed by atoms with Crippen molar-refractivity contribution in [2.24, 2.45) is 5.92 Å². The molecule has 5 nitrogen and oxygen atoms in total. The molecule has 1 fully saturated rings. The second kappa shape index (κ2) is 6.56. The zero-order valence-electron chi connectivity index (χ0n) is 11.7. The van der Waals surface area contributed by atoms with Gasteiger partial charge >= 0.3 is 10.2 Å². The Balaban J connectivity index is 2.05. The third-order valence-corrected chi connectivity index (χ3v) is 5.19. The van der Waals surface area contributed by atoms with Crippen LogP contribution < -0.4 is 4.72 Å². The molecular weight excluding hydrogens is 276 g/mol. The van der Waals surface area contributed by atoms with Gasteiger partial charge in [-0.2, -0.15) is 12.7 Å². The minimum atomic E-state index is -3.53. The van der Waals surface area contributed by atoms with E-state index >= 15 is 0 Å². The summed E-state index contributed by atoms with van der Waals surface area (Å²) in [5.74, 6) is 0.0443. The number of anilines is 1. The van der Waals surface area contributed by atoms with Gasteiger partial charge in [0.05, 0.1) is 0 Å². The summed E-state index contributed by atoms with van der Waals surface area (Å²) in [6, 6.07) is 7.41. The molecule has 1 atom stereocenters. The molecule has 2 rings (SSSR count). The zero-order valence-corrected chi connectivity index (χ0v) is 12.6. The fourth-order valence-electron chi connectivity index (χ4n) is 2.42. The molecule has 1 aliphatic heterocycles. The van der Waals surface area contributed by atoms with Crippen LogP contribution in [0.4, 0.5) is 5.69 Å². The molecule has 0 amide bonds. The second-order valence-corrected chi connectivity index (χ2v) is 6.88. The Kier molecular flexibility index (Phi) is 5.01. The lowest BCUT2D eigenvalue weighted by Gasteiger charge is -2.31. The lowest BCUT2D eigenvalue weighted by Crippen LogP contribution is -2.43.